The molecule has 0 bridgehead atoms. The Labute approximate surface area is 154 Å². The molecule has 1 heterocycles. The number of anilines is 1. The standard InChI is InChI=1S/C21H25N3O2/c1-15-11-16(2)13-18(12-15)23-21(22-14-19-9-6-10-26-19)24-20(25)17-7-4-3-5-8-17/h3-5,7-8,11-13,19H,6,9-10,14H2,1-2H3,(H2,22,23,24,25). The van der Waals surface area contributed by atoms with E-state index in [4.69, 9.17) is 4.74 Å². The van der Waals surface area contributed by atoms with Crippen molar-refractivity contribution >= 4 is 17.6 Å². The van der Waals surface area contributed by atoms with Gasteiger partial charge in [-0.05, 0) is 62.1 Å². The summed E-state index contributed by atoms with van der Waals surface area (Å²) in [5, 5.41) is 6.14. The van der Waals surface area contributed by atoms with Crippen molar-refractivity contribution in [3.05, 3.63) is 65.2 Å². The van der Waals surface area contributed by atoms with E-state index in [9.17, 15) is 4.79 Å². The summed E-state index contributed by atoms with van der Waals surface area (Å²) in [6.45, 7) is 5.41. The summed E-state index contributed by atoms with van der Waals surface area (Å²) in [5.74, 6) is 0.257. The molecule has 1 aliphatic heterocycles. The first-order valence-corrected chi connectivity index (χ1v) is 8.98. The molecule has 0 saturated carbocycles. The topological polar surface area (TPSA) is 62.7 Å². The van der Waals surface area contributed by atoms with Gasteiger partial charge in [-0.2, -0.15) is 0 Å². The van der Waals surface area contributed by atoms with Gasteiger partial charge < -0.3 is 10.1 Å². The van der Waals surface area contributed by atoms with Crippen LogP contribution in [0.4, 0.5) is 5.69 Å². The van der Waals surface area contributed by atoms with Crippen LogP contribution in [0.1, 0.15) is 34.3 Å². The molecule has 136 valence electrons. The summed E-state index contributed by atoms with van der Waals surface area (Å²) in [6.07, 6.45) is 2.20. The summed E-state index contributed by atoms with van der Waals surface area (Å²) in [7, 11) is 0. The summed E-state index contributed by atoms with van der Waals surface area (Å²) in [4.78, 5) is 17.1. The first-order chi connectivity index (χ1) is 12.6. The second-order valence-electron chi connectivity index (χ2n) is 6.65. The van der Waals surface area contributed by atoms with Crippen molar-refractivity contribution in [3.8, 4) is 0 Å². The smallest absolute Gasteiger partial charge is 0.257 e. The molecule has 1 atom stereocenters. The lowest BCUT2D eigenvalue weighted by atomic mass is 10.1. The molecule has 1 saturated heterocycles. The zero-order chi connectivity index (χ0) is 18.4. The number of amides is 1. The first-order valence-electron chi connectivity index (χ1n) is 8.98. The Morgan fingerprint density at radius 1 is 1.15 bits per heavy atom. The largest absolute Gasteiger partial charge is 0.376 e. The number of rotatable bonds is 4. The van der Waals surface area contributed by atoms with Crippen LogP contribution in [0.5, 0.6) is 0 Å². The van der Waals surface area contributed by atoms with Crippen LogP contribution in [0.15, 0.2) is 53.5 Å². The lowest BCUT2D eigenvalue weighted by molar-refractivity contribution is 0.0975. The van der Waals surface area contributed by atoms with Crippen LogP contribution in [0, 0.1) is 13.8 Å². The highest BCUT2D eigenvalue weighted by Crippen LogP contribution is 2.15. The molecule has 1 fully saturated rings. The van der Waals surface area contributed by atoms with Gasteiger partial charge in [-0.25, -0.2) is 4.99 Å². The predicted octanol–water partition coefficient (Wildman–Crippen LogP) is 3.68. The molecule has 0 radical (unpaired) electrons. The lowest BCUT2D eigenvalue weighted by Gasteiger charge is -2.14. The molecule has 0 aliphatic carbocycles. The van der Waals surface area contributed by atoms with Crippen LogP contribution in [-0.2, 0) is 4.74 Å². The quantitative estimate of drug-likeness (QED) is 0.652. The fourth-order valence-electron chi connectivity index (χ4n) is 3.04. The van der Waals surface area contributed by atoms with Crippen LogP contribution < -0.4 is 10.6 Å². The minimum absolute atomic E-state index is 0.125. The average Bonchev–Trinajstić information content (AvgIpc) is 3.13. The van der Waals surface area contributed by atoms with E-state index in [0.29, 0.717) is 18.1 Å². The predicted molar refractivity (Wildman–Crippen MR) is 105 cm³/mol. The van der Waals surface area contributed by atoms with Crippen molar-refractivity contribution in [3.63, 3.8) is 0 Å². The van der Waals surface area contributed by atoms with Gasteiger partial charge >= 0.3 is 0 Å². The number of hydrogen-bond donors (Lipinski definition) is 2. The van der Waals surface area contributed by atoms with E-state index in [1.54, 1.807) is 12.1 Å². The molecule has 2 aromatic rings. The Hall–Kier alpha value is -2.66. The third-order valence-corrected chi connectivity index (χ3v) is 4.23. The maximum Gasteiger partial charge on any atom is 0.257 e. The van der Waals surface area contributed by atoms with Gasteiger partial charge in [0.05, 0.1) is 12.6 Å². The van der Waals surface area contributed by atoms with E-state index < -0.39 is 0 Å². The van der Waals surface area contributed by atoms with E-state index in [2.05, 4.69) is 21.7 Å². The Kier molecular flexibility index (Phi) is 6.02. The number of aryl methyl sites for hydroxylation is 2. The zero-order valence-corrected chi connectivity index (χ0v) is 15.3. The molecule has 1 aliphatic rings. The van der Waals surface area contributed by atoms with Gasteiger partial charge in [-0.3, -0.25) is 10.1 Å². The van der Waals surface area contributed by atoms with Gasteiger partial charge in [-0.1, -0.05) is 24.3 Å². The average molecular weight is 351 g/mol. The van der Waals surface area contributed by atoms with Crippen molar-refractivity contribution in [1.29, 1.82) is 0 Å². The van der Waals surface area contributed by atoms with Gasteiger partial charge in [0, 0.05) is 17.9 Å². The molecule has 5 heteroatoms. The number of guanidine groups is 1. The van der Waals surface area contributed by atoms with E-state index in [1.807, 2.05) is 44.2 Å². The second-order valence-corrected chi connectivity index (χ2v) is 6.65. The highest BCUT2D eigenvalue weighted by Gasteiger charge is 2.16. The van der Waals surface area contributed by atoms with E-state index >= 15 is 0 Å². The molecule has 0 aromatic heterocycles. The van der Waals surface area contributed by atoms with Crippen LogP contribution in [0.25, 0.3) is 0 Å². The summed E-state index contributed by atoms with van der Waals surface area (Å²) in [6, 6.07) is 15.3. The number of aliphatic imine (C=N–C) groups is 1. The fourth-order valence-corrected chi connectivity index (χ4v) is 3.04. The fraction of sp³-hybridized carbons (Fsp3) is 0.333. The number of nitrogens with zero attached hydrogens (tertiary/aromatic N) is 1. The summed E-state index contributed by atoms with van der Waals surface area (Å²) >= 11 is 0. The lowest BCUT2D eigenvalue weighted by Crippen LogP contribution is -2.36. The highest BCUT2D eigenvalue weighted by molar-refractivity contribution is 6.10. The minimum atomic E-state index is -0.187. The highest BCUT2D eigenvalue weighted by atomic mass is 16.5. The maximum atomic E-state index is 12.5. The Morgan fingerprint density at radius 2 is 1.88 bits per heavy atom. The summed E-state index contributed by atoms with van der Waals surface area (Å²) < 4.78 is 5.63. The number of carbonyl (C=O) groups excluding carboxylic acids is 1. The van der Waals surface area contributed by atoms with Crippen molar-refractivity contribution in [2.24, 2.45) is 4.99 Å². The third kappa shape index (κ3) is 5.17. The Morgan fingerprint density at radius 3 is 2.54 bits per heavy atom. The number of benzene rings is 2. The molecule has 3 rings (SSSR count). The number of carbonyl (C=O) groups is 1. The normalized spacial score (nSPS) is 17.2. The zero-order valence-electron chi connectivity index (χ0n) is 15.3. The molecule has 26 heavy (non-hydrogen) atoms. The third-order valence-electron chi connectivity index (χ3n) is 4.23. The number of nitrogens with one attached hydrogen (secondary N) is 2. The van der Waals surface area contributed by atoms with Gasteiger partial charge in [0.15, 0.2) is 0 Å². The van der Waals surface area contributed by atoms with Gasteiger partial charge in [-0.15, -0.1) is 0 Å². The van der Waals surface area contributed by atoms with Crippen LogP contribution in [0.2, 0.25) is 0 Å². The van der Waals surface area contributed by atoms with Gasteiger partial charge in [0.1, 0.15) is 0 Å². The minimum Gasteiger partial charge on any atom is -0.376 e. The van der Waals surface area contributed by atoms with E-state index in [1.165, 1.54) is 0 Å². The van der Waals surface area contributed by atoms with Crippen LogP contribution in [-0.4, -0.2) is 31.1 Å². The van der Waals surface area contributed by atoms with Crippen molar-refractivity contribution in [2.75, 3.05) is 18.5 Å². The molecular formula is C21H25N3O2. The molecular weight excluding hydrogens is 326 g/mol. The van der Waals surface area contributed by atoms with Gasteiger partial charge in [0.25, 0.3) is 5.91 Å². The SMILES string of the molecule is Cc1cc(C)cc(NC(=NCC2CCCO2)NC(=O)c2ccccc2)c1. The van der Waals surface area contributed by atoms with Crippen LogP contribution in [0.3, 0.4) is 0 Å². The van der Waals surface area contributed by atoms with Crippen molar-refractivity contribution < 1.29 is 9.53 Å². The summed E-state index contributed by atoms with van der Waals surface area (Å²) in [5.41, 5.74) is 3.81. The molecule has 0 spiro atoms. The monoisotopic (exact) mass is 351 g/mol. The Balaban J connectivity index is 1.76. The molecule has 2 N–H and O–H groups in total. The van der Waals surface area contributed by atoms with Crippen molar-refractivity contribution in [1.82, 2.24) is 5.32 Å². The molecule has 5 nitrogen and oxygen atoms in total. The Bertz CT molecular complexity index is 761. The van der Waals surface area contributed by atoms with Crippen molar-refractivity contribution in [2.45, 2.75) is 32.8 Å². The maximum absolute atomic E-state index is 12.5. The van der Waals surface area contributed by atoms with Gasteiger partial charge in [0.2, 0.25) is 5.96 Å². The second kappa shape index (κ2) is 8.63. The molecule has 1 unspecified atom stereocenters. The number of ether oxygens (including phenoxy) is 1. The molecule has 2 aromatic carbocycles. The molecule has 1 amide bonds. The van der Waals surface area contributed by atoms with E-state index in [0.717, 1.165) is 36.3 Å². The first kappa shape index (κ1) is 18.1. The number of hydrogen-bond acceptors (Lipinski definition) is 3. The van der Waals surface area contributed by atoms with E-state index in [-0.39, 0.29) is 12.0 Å². The van der Waals surface area contributed by atoms with Crippen LogP contribution >= 0.6 is 0 Å².